The number of rotatable bonds is 6. The van der Waals surface area contributed by atoms with Gasteiger partial charge in [0.15, 0.2) is 5.96 Å². The number of amides is 1. The summed E-state index contributed by atoms with van der Waals surface area (Å²) in [6.07, 6.45) is 8.92. The Morgan fingerprint density at radius 1 is 1.35 bits per heavy atom. The first-order valence-electron chi connectivity index (χ1n) is 8.74. The monoisotopic (exact) mass is 321 g/mol. The van der Waals surface area contributed by atoms with E-state index in [2.05, 4.69) is 39.6 Å². The molecule has 2 rings (SSSR count). The summed E-state index contributed by atoms with van der Waals surface area (Å²) in [6.45, 7) is 5.57. The van der Waals surface area contributed by atoms with E-state index in [0.29, 0.717) is 12.1 Å². The Kier molecular flexibility index (Phi) is 6.89. The van der Waals surface area contributed by atoms with Crippen LogP contribution in [0.5, 0.6) is 0 Å². The van der Waals surface area contributed by atoms with Crippen LogP contribution in [-0.4, -0.2) is 74.0 Å². The number of nitrogens with one attached hydrogen (secondary N) is 2. The van der Waals surface area contributed by atoms with Gasteiger partial charge < -0.3 is 15.5 Å². The van der Waals surface area contributed by atoms with Crippen molar-refractivity contribution in [1.82, 2.24) is 20.4 Å². The van der Waals surface area contributed by atoms with Gasteiger partial charge in [0.05, 0.1) is 0 Å². The Morgan fingerprint density at radius 3 is 2.74 bits per heavy atom. The number of hydrogen-bond donors (Lipinski definition) is 2. The molecule has 1 aliphatic heterocycles. The van der Waals surface area contributed by atoms with E-state index in [4.69, 9.17) is 0 Å². The largest absolute Gasteiger partial charge is 0.355 e. The number of likely N-dealkylation sites (tertiary alicyclic amines) is 1. The van der Waals surface area contributed by atoms with Crippen molar-refractivity contribution in [2.24, 2.45) is 4.99 Å². The summed E-state index contributed by atoms with van der Waals surface area (Å²) < 4.78 is 0. The van der Waals surface area contributed by atoms with Crippen molar-refractivity contribution in [3.8, 4) is 0 Å². The van der Waals surface area contributed by atoms with E-state index in [1.807, 2.05) is 0 Å². The summed E-state index contributed by atoms with van der Waals surface area (Å²) >= 11 is 0. The molecule has 0 bridgehead atoms. The van der Waals surface area contributed by atoms with Crippen LogP contribution in [0.1, 0.15) is 32.6 Å². The Morgan fingerprint density at radius 2 is 2.09 bits per heavy atom. The maximum absolute atomic E-state index is 11.8. The van der Waals surface area contributed by atoms with Crippen LogP contribution >= 0.6 is 0 Å². The highest BCUT2D eigenvalue weighted by Crippen LogP contribution is 2.15. The van der Waals surface area contributed by atoms with Crippen LogP contribution in [-0.2, 0) is 4.79 Å². The predicted molar refractivity (Wildman–Crippen MR) is 94.6 cm³/mol. The van der Waals surface area contributed by atoms with Crippen molar-refractivity contribution < 1.29 is 4.79 Å². The second-order valence-electron chi connectivity index (χ2n) is 6.54. The smallest absolute Gasteiger partial charge is 0.243 e. The van der Waals surface area contributed by atoms with E-state index in [1.165, 1.54) is 19.4 Å². The molecule has 1 unspecified atom stereocenters. The molecule has 1 fully saturated rings. The molecular weight excluding hydrogens is 290 g/mol. The van der Waals surface area contributed by atoms with Gasteiger partial charge >= 0.3 is 0 Å². The predicted octanol–water partition coefficient (Wildman–Crippen LogP) is 0.813. The molecule has 6 nitrogen and oxygen atoms in total. The molecule has 0 radical (unpaired) electrons. The van der Waals surface area contributed by atoms with Gasteiger partial charge in [-0.1, -0.05) is 19.1 Å². The van der Waals surface area contributed by atoms with Crippen LogP contribution in [0.4, 0.5) is 0 Å². The van der Waals surface area contributed by atoms with E-state index in [-0.39, 0.29) is 12.5 Å². The number of guanidine groups is 1. The van der Waals surface area contributed by atoms with Crippen molar-refractivity contribution in [1.29, 1.82) is 0 Å². The molecule has 1 aliphatic carbocycles. The van der Waals surface area contributed by atoms with Crippen LogP contribution in [0.15, 0.2) is 17.1 Å². The Bertz CT molecular complexity index is 438. The molecule has 2 N–H and O–H groups in total. The lowest BCUT2D eigenvalue weighted by molar-refractivity contribution is -0.127. The molecular formula is C17H31N5O. The van der Waals surface area contributed by atoms with Gasteiger partial charge in [-0.3, -0.25) is 9.69 Å². The van der Waals surface area contributed by atoms with Crippen LogP contribution in [0.25, 0.3) is 0 Å². The number of hydrogen-bond acceptors (Lipinski definition) is 3. The van der Waals surface area contributed by atoms with Gasteiger partial charge in [-0.2, -0.15) is 0 Å². The van der Waals surface area contributed by atoms with E-state index >= 15 is 0 Å². The number of nitrogens with zero attached hydrogens (tertiary/aromatic N) is 3. The first-order valence-corrected chi connectivity index (χ1v) is 8.74. The zero-order valence-corrected chi connectivity index (χ0v) is 14.7. The lowest BCUT2D eigenvalue weighted by Crippen LogP contribution is -2.47. The topological polar surface area (TPSA) is 60.0 Å². The van der Waals surface area contributed by atoms with E-state index in [9.17, 15) is 4.79 Å². The zero-order chi connectivity index (χ0) is 16.7. The second-order valence-corrected chi connectivity index (χ2v) is 6.54. The average molecular weight is 321 g/mol. The molecule has 130 valence electrons. The molecule has 1 atom stereocenters. The highest BCUT2D eigenvalue weighted by atomic mass is 16.2. The van der Waals surface area contributed by atoms with Crippen LogP contribution < -0.4 is 10.6 Å². The van der Waals surface area contributed by atoms with Crippen LogP contribution in [0, 0.1) is 0 Å². The van der Waals surface area contributed by atoms with Gasteiger partial charge in [-0.05, 0) is 38.8 Å². The Labute approximate surface area is 140 Å². The minimum atomic E-state index is 0.0201. The molecule has 0 aromatic rings. The molecule has 0 aromatic heterocycles. The third-order valence-electron chi connectivity index (χ3n) is 4.63. The van der Waals surface area contributed by atoms with Crippen molar-refractivity contribution in [2.45, 2.75) is 44.7 Å². The van der Waals surface area contributed by atoms with Gasteiger partial charge in [0.25, 0.3) is 0 Å². The normalized spacial score (nSPS) is 22.6. The summed E-state index contributed by atoms with van der Waals surface area (Å²) in [4.78, 5) is 20.3. The molecule has 2 aliphatic rings. The van der Waals surface area contributed by atoms with Gasteiger partial charge in [0.2, 0.25) is 5.91 Å². The third-order valence-corrected chi connectivity index (χ3v) is 4.63. The van der Waals surface area contributed by atoms with Crippen molar-refractivity contribution in [3.05, 3.63) is 12.2 Å². The maximum atomic E-state index is 11.8. The highest BCUT2D eigenvalue weighted by molar-refractivity contribution is 5.85. The second kappa shape index (κ2) is 8.91. The lowest BCUT2D eigenvalue weighted by atomic mass is 10.2. The van der Waals surface area contributed by atoms with Gasteiger partial charge in [0.1, 0.15) is 6.54 Å². The van der Waals surface area contributed by atoms with Crippen molar-refractivity contribution >= 4 is 11.9 Å². The van der Waals surface area contributed by atoms with E-state index in [0.717, 1.165) is 31.9 Å². The number of likely N-dealkylation sites (N-methyl/N-ethyl adjacent to an activating group) is 2. The molecule has 23 heavy (non-hydrogen) atoms. The standard InChI is InChI=1S/C17H31N5O/c1-4-22-11-7-10-15(22)12-18-17(19-13-16(23)21(2)3)20-14-8-5-6-9-14/h5-6,14-15H,4,7-13H2,1-3H3,(H2,18,19,20). The molecule has 0 saturated carbocycles. The molecule has 0 spiro atoms. The minimum Gasteiger partial charge on any atom is -0.355 e. The highest BCUT2D eigenvalue weighted by Gasteiger charge is 2.23. The fourth-order valence-electron chi connectivity index (χ4n) is 3.13. The summed E-state index contributed by atoms with van der Waals surface area (Å²) in [5, 5.41) is 6.90. The summed E-state index contributed by atoms with van der Waals surface area (Å²) in [5.74, 6) is 0.781. The van der Waals surface area contributed by atoms with Crippen molar-refractivity contribution in [2.75, 3.05) is 40.3 Å². The number of carbonyl (C=O) groups excluding carboxylic acids is 1. The van der Waals surface area contributed by atoms with Gasteiger partial charge in [-0.15, -0.1) is 0 Å². The third kappa shape index (κ3) is 5.53. The first-order chi connectivity index (χ1) is 11.1. The van der Waals surface area contributed by atoms with Gasteiger partial charge in [0, 0.05) is 32.7 Å². The van der Waals surface area contributed by atoms with Gasteiger partial charge in [-0.25, -0.2) is 4.99 Å². The Hall–Kier alpha value is -1.56. The van der Waals surface area contributed by atoms with E-state index in [1.54, 1.807) is 19.0 Å². The summed E-state index contributed by atoms with van der Waals surface area (Å²) in [6, 6.07) is 0.958. The molecule has 0 aromatic carbocycles. The molecule has 1 saturated heterocycles. The van der Waals surface area contributed by atoms with E-state index < -0.39 is 0 Å². The van der Waals surface area contributed by atoms with Crippen LogP contribution in [0.3, 0.4) is 0 Å². The lowest BCUT2D eigenvalue weighted by Gasteiger charge is -2.25. The quantitative estimate of drug-likeness (QED) is 0.432. The number of aliphatic imine (C=N–C) groups is 1. The first kappa shape index (κ1) is 17.8. The summed E-state index contributed by atoms with van der Waals surface area (Å²) in [5.41, 5.74) is 0. The molecule has 6 heteroatoms. The zero-order valence-electron chi connectivity index (χ0n) is 14.7. The Balaban J connectivity index is 1.89. The fourth-order valence-corrected chi connectivity index (χ4v) is 3.13. The van der Waals surface area contributed by atoms with Crippen LogP contribution in [0.2, 0.25) is 0 Å². The van der Waals surface area contributed by atoms with Crippen molar-refractivity contribution in [3.63, 3.8) is 0 Å². The maximum Gasteiger partial charge on any atom is 0.243 e. The number of carbonyl (C=O) groups is 1. The molecule has 1 heterocycles. The molecule has 1 amide bonds. The summed E-state index contributed by atoms with van der Waals surface area (Å²) in [7, 11) is 3.52. The SMILES string of the molecule is CCN1CCCC1CNC(=NCC(=O)N(C)C)NC1CC=CC1. The average Bonchev–Trinajstić information content (AvgIpc) is 3.20. The minimum absolute atomic E-state index is 0.0201. The fraction of sp³-hybridized carbons (Fsp3) is 0.765.